The number of aromatic amines is 1. The maximum absolute atomic E-state index is 12.0. The fourth-order valence-electron chi connectivity index (χ4n) is 2.35. The normalized spacial score (nSPS) is 25.8. The second kappa shape index (κ2) is 6.17. The van der Waals surface area contributed by atoms with Crippen molar-refractivity contribution in [1.82, 2.24) is 9.55 Å². The van der Waals surface area contributed by atoms with Gasteiger partial charge in [-0.25, -0.2) is 4.79 Å². The van der Waals surface area contributed by atoms with Crippen molar-refractivity contribution in [2.75, 3.05) is 6.61 Å². The average molecular weight is 282 g/mol. The van der Waals surface area contributed by atoms with Crippen molar-refractivity contribution < 1.29 is 14.9 Å². The molecule has 0 radical (unpaired) electrons. The first-order chi connectivity index (χ1) is 9.56. The van der Waals surface area contributed by atoms with Gasteiger partial charge in [-0.15, -0.1) is 6.58 Å². The highest BCUT2D eigenvalue weighted by molar-refractivity contribution is 5.05. The molecule has 0 bridgehead atoms. The van der Waals surface area contributed by atoms with E-state index in [0.29, 0.717) is 18.5 Å². The first-order valence-electron chi connectivity index (χ1n) is 6.46. The Morgan fingerprint density at radius 1 is 1.55 bits per heavy atom. The highest BCUT2D eigenvalue weighted by atomic mass is 16.5. The predicted octanol–water partition coefficient (Wildman–Crippen LogP) is -0.704. The third kappa shape index (κ3) is 2.90. The monoisotopic (exact) mass is 282 g/mol. The molecule has 0 aliphatic carbocycles. The van der Waals surface area contributed by atoms with Crippen LogP contribution in [-0.2, 0) is 11.2 Å². The van der Waals surface area contributed by atoms with Gasteiger partial charge in [0.1, 0.15) is 12.3 Å². The summed E-state index contributed by atoms with van der Waals surface area (Å²) in [5.74, 6) is 0. The zero-order chi connectivity index (χ0) is 14.7. The molecule has 3 atom stereocenters. The molecular formula is C13H18N2O5. The van der Waals surface area contributed by atoms with E-state index in [2.05, 4.69) is 11.6 Å². The summed E-state index contributed by atoms with van der Waals surface area (Å²) in [5.41, 5.74) is -0.524. The highest BCUT2D eigenvalue weighted by Gasteiger charge is 2.35. The summed E-state index contributed by atoms with van der Waals surface area (Å²) in [7, 11) is 0. The van der Waals surface area contributed by atoms with Gasteiger partial charge in [0.25, 0.3) is 5.56 Å². The minimum absolute atomic E-state index is 0.193. The van der Waals surface area contributed by atoms with E-state index in [1.54, 1.807) is 6.08 Å². The largest absolute Gasteiger partial charge is 0.394 e. The van der Waals surface area contributed by atoms with E-state index in [9.17, 15) is 14.7 Å². The topological polar surface area (TPSA) is 105 Å². The number of nitrogens with one attached hydrogen (secondary N) is 1. The summed E-state index contributed by atoms with van der Waals surface area (Å²) in [6.45, 7) is 3.29. The number of allylic oxidation sites excluding steroid dienone is 1. The van der Waals surface area contributed by atoms with Crippen LogP contribution >= 0.6 is 0 Å². The molecule has 1 aromatic heterocycles. The molecule has 1 fully saturated rings. The summed E-state index contributed by atoms with van der Waals surface area (Å²) >= 11 is 0. The van der Waals surface area contributed by atoms with Gasteiger partial charge in [-0.05, 0) is 12.8 Å². The standard InChI is InChI=1S/C13H18N2O5/c1-2-3-4-8-5-11(18)14-13(19)15(8)12-6-9(17)10(7-16)20-12/h2,5,9-10,12,16-17H,1,3-4,6-7H2,(H,14,18,19)/t9-,10+,12+/m0/s1. The molecule has 110 valence electrons. The molecule has 0 unspecified atom stereocenters. The van der Waals surface area contributed by atoms with Crippen molar-refractivity contribution in [3.05, 3.63) is 45.3 Å². The Morgan fingerprint density at radius 2 is 2.30 bits per heavy atom. The van der Waals surface area contributed by atoms with Gasteiger partial charge in [0.2, 0.25) is 0 Å². The summed E-state index contributed by atoms with van der Waals surface area (Å²) in [6, 6.07) is 1.34. The molecule has 0 aromatic carbocycles. The Kier molecular flexibility index (Phi) is 4.53. The average Bonchev–Trinajstić information content (AvgIpc) is 2.76. The van der Waals surface area contributed by atoms with Crippen molar-refractivity contribution in [2.24, 2.45) is 0 Å². The summed E-state index contributed by atoms with van der Waals surface area (Å²) in [4.78, 5) is 25.6. The number of hydrogen-bond acceptors (Lipinski definition) is 5. The molecule has 7 nitrogen and oxygen atoms in total. The number of aryl methyl sites for hydroxylation is 1. The van der Waals surface area contributed by atoms with E-state index in [0.717, 1.165) is 0 Å². The van der Waals surface area contributed by atoms with Crippen molar-refractivity contribution >= 4 is 0 Å². The maximum Gasteiger partial charge on any atom is 0.330 e. The SMILES string of the molecule is C=CCCc1cc(=O)[nH]c(=O)n1[C@H]1C[C@H](O)[C@@H](CO)O1. The number of hydrogen-bond donors (Lipinski definition) is 3. The highest BCUT2D eigenvalue weighted by Crippen LogP contribution is 2.28. The summed E-state index contributed by atoms with van der Waals surface area (Å²) in [5, 5.41) is 18.8. The molecular weight excluding hydrogens is 264 g/mol. The zero-order valence-corrected chi connectivity index (χ0v) is 11.0. The Labute approximate surface area is 115 Å². The third-order valence-electron chi connectivity index (χ3n) is 3.33. The number of aliphatic hydroxyl groups excluding tert-OH is 2. The number of nitrogens with zero attached hydrogens (tertiary/aromatic N) is 1. The predicted molar refractivity (Wildman–Crippen MR) is 71.5 cm³/mol. The lowest BCUT2D eigenvalue weighted by Crippen LogP contribution is -2.35. The Morgan fingerprint density at radius 3 is 2.90 bits per heavy atom. The molecule has 1 saturated heterocycles. The van der Waals surface area contributed by atoms with Crippen LogP contribution in [0.25, 0.3) is 0 Å². The van der Waals surface area contributed by atoms with Gasteiger partial charge < -0.3 is 14.9 Å². The fourth-order valence-corrected chi connectivity index (χ4v) is 2.35. The lowest BCUT2D eigenvalue weighted by atomic mass is 10.1. The number of rotatable bonds is 5. The van der Waals surface area contributed by atoms with Crippen molar-refractivity contribution in [3.63, 3.8) is 0 Å². The van der Waals surface area contributed by atoms with Crippen LogP contribution in [0.4, 0.5) is 0 Å². The van der Waals surface area contributed by atoms with Crippen molar-refractivity contribution in [3.8, 4) is 0 Å². The van der Waals surface area contributed by atoms with E-state index < -0.39 is 29.7 Å². The van der Waals surface area contributed by atoms with Gasteiger partial charge in [0, 0.05) is 18.2 Å². The van der Waals surface area contributed by atoms with E-state index in [1.807, 2.05) is 0 Å². The molecule has 7 heteroatoms. The first-order valence-corrected chi connectivity index (χ1v) is 6.46. The van der Waals surface area contributed by atoms with Crippen molar-refractivity contribution in [2.45, 2.75) is 37.7 Å². The molecule has 1 aliphatic rings. The number of ether oxygens (including phenoxy) is 1. The van der Waals surface area contributed by atoms with E-state index in [-0.39, 0.29) is 13.0 Å². The Hall–Kier alpha value is -1.70. The molecule has 2 rings (SSSR count). The third-order valence-corrected chi connectivity index (χ3v) is 3.33. The fraction of sp³-hybridized carbons (Fsp3) is 0.538. The molecule has 2 heterocycles. The van der Waals surface area contributed by atoms with E-state index in [1.165, 1.54) is 10.6 Å². The Balaban J connectivity index is 2.37. The van der Waals surface area contributed by atoms with Crippen LogP contribution in [0.5, 0.6) is 0 Å². The van der Waals surface area contributed by atoms with Gasteiger partial charge in [-0.3, -0.25) is 14.3 Å². The smallest absolute Gasteiger partial charge is 0.330 e. The lowest BCUT2D eigenvalue weighted by molar-refractivity contribution is -0.0467. The quantitative estimate of drug-likeness (QED) is 0.619. The van der Waals surface area contributed by atoms with Gasteiger partial charge in [-0.1, -0.05) is 6.08 Å². The molecule has 1 aliphatic heterocycles. The molecule has 3 N–H and O–H groups in total. The van der Waals surface area contributed by atoms with Crippen LogP contribution in [0.3, 0.4) is 0 Å². The van der Waals surface area contributed by atoms with Crippen molar-refractivity contribution in [1.29, 1.82) is 0 Å². The second-order valence-electron chi connectivity index (χ2n) is 4.74. The molecule has 20 heavy (non-hydrogen) atoms. The summed E-state index contributed by atoms with van der Waals surface area (Å²) < 4.78 is 6.79. The Bertz CT molecular complexity index is 591. The van der Waals surface area contributed by atoms with Gasteiger partial charge in [-0.2, -0.15) is 0 Å². The molecule has 0 saturated carbocycles. The van der Waals surface area contributed by atoms with Crippen LogP contribution in [0.2, 0.25) is 0 Å². The summed E-state index contributed by atoms with van der Waals surface area (Å²) in [6.07, 6.45) is 0.729. The first kappa shape index (κ1) is 14.7. The van der Waals surface area contributed by atoms with Crippen LogP contribution in [0.1, 0.15) is 24.8 Å². The van der Waals surface area contributed by atoms with E-state index in [4.69, 9.17) is 9.84 Å². The van der Waals surface area contributed by atoms with Crippen LogP contribution in [0.15, 0.2) is 28.3 Å². The number of aromatic nitrogens is 2. The van der Waals surface area contributed by atoms with Gasteiger partial charge >= 0.3 is 5.69 Å². The molecule has 1 aromatic rings. The van der Waals surface area contributed by atoms with Crippen LogP contribution in [0, 0.1) is 0 Å². The zero-order valence-electron chi connectivity index (χ0n) is 11.0. The van der Waals surface area contributed by atoms with Gasteiger partial charge in [0.05, 0.1) is 12.7 Å². The minimum atomic E-state index is -0.837. The molecule has 0 spiro atoms. The molecule has 0 amide bonds. The minimum Gasteiger partial charge on any atom is -0.394 e. The lowest BCUT2D eigenvalue weighted by Gasteiger charge is -2.18. The van der Waals surface area contributed by atoms with Crippen LogP contribution in [-0.4, -0.2) is 38.6 Å². The number of aliphatic hydroxyl groups is 2. The second-order valence-corrected chi connectivity index (χ2v) is 4.74. The van der Waals surface area contributed by atoms with Gasteiger partial charge in [0.15, 0.2) is 0 Å². The number of H-pyrrole nitrogens is 1. The van der Waals surface area contributed by atoms with E-state index >= 15 is 0 Å². The maximum atomic E-state index is 12.0. The van der Waals surface area contributed by atoms with Crippen LogP contribution < -0.4 is 11.2 Å².